The molecule has 4 aromatic rings. The van der Waals surface area contributed by atoms with Crippen LogP contribution in [0.5, 0.6) is 0 Å². The molecule has 0 aliphatic carbocycles. The number of nitrogens with one attached hydrogen (secondary N) is 3. The summed E-state index contributed by atoms with van der Waals surface area (Å²) in [6, 6.07) is 7.95. The zero-order valence-corrected chi connectivity index (χ0v) is 21.2. The maximum atomic E-state index is 14.0. The molecular formula is C27H29F3N6O2. The normalized spacial score (nSPS) is 19.1. The summed E-state index contributed by atoms with van der Waals surface area (Å²) in [5, 5.41) is 15.5. The van der Waals surface area contributed by atoms with Gasteiger partial charge in [-0.05, 0) is 42.0 Å². The number of anilines is 1. The lowest BCUT2D eigenvalue weighted by Gasteiger charge is -2.45. The van der Waals surface area contributed by atoms with Gasteiger partial charge in [-0.2, -0.15) is 18.2 Å². The molecule has 4 heterocycles. The lowest BCUT2D eigenvalue weighted by atomic mass is 9.78. The van der Waals surface area contributed by atoms with Crippen molar-refractivity contribution < 1.29 is 18.4 Å². The van der Waals surface area contributed by atoms with Crippen LogP contribution in [0.15, 0.2) is 53.7 Å². The molecule has 0 bridgehead atoms. The van der Waals surface area contributed by atoms with Gasteiger partial charge in [0.05, 0.1) is 11.7 Å². The van der Waals surface area contributed by atoms with Crippen LogP contribution in [0.3, 0.4) is 0 Å². The minimum absolute atomic E-state index is 0.0596. The second-order valence-electron chi connectivity index (χ2n) is 10.7. The summed E-state index contributed by atoms with van der Waals surface area (Å²) in [5.41, 5.74) is 0.160. The topological polar surface area (TPSA) is 110 Å². The number of aromatic amines is 2. The number of hydrogen-bond acceptors (Lipinski definition) is 6. The van der Waals surface area contributed by atoms with E-state index in [2.05, 4.69) is 25.3 Å². The van der Waals surface area contributed by atoms with Crippen molar-refractivity contribution in [3.63, 3.8) is 0 Å². The van der Waals surface area contributed by atoms with E-state index in [0.717, 1.165) is 12.6 Å². The van der Waals surface area contributed by atoms with Gasteiger partial charge < -0.3 is 20.5 Å². The molecule has 38 heavy (non-hydrogen) atoms. The standard InChI is InChI=1S/C27H29F3N6O2/c1-26(2,3)23-20(7-5-11-36(23)38)34-25-33-14-19(27(28,29)30)22(35-25)18-13-32-21-12-15(8-9-17(18)21)16-6-4-10-31-24(16)37/h4,6,8-10,12-14,20,23,32,38H,5,7,11H2,1-3H3,(H,31,37)(H,33,34,35)/t20-,23?/m0/s1. The first-order valence-corrected chi connectivity index (χ1v) is 12.4. The Morgan fingerprint density at radius 2 is 1.92 bits per heavy atom. The van der Waals surface area contributed by atoms with Gasteiger partial charge in [0.25, 0.3) is 5.56 Å². The third-order valence-corrected chi connectivity index (χ3v) is 6.97. The van der Waals surface area contributed by atoms with Gasteiger partial charge in [0.2, 0.25) is 5.95 Å². The number of rotatable bonds is 4. The lowest BCUT2D eigenvalue weighted by Crippen LogP contribution is -2.56. The van der Waals surface area contributed by atoms with Gasteiger partial charge in [-0.3, -0.25) is 4.79 Å². The summed E-state index contributed by atoms with van der Waals surface area (Å²) < 4.78 is 42.1. The number of benzene rings is 1. The molecule has 0 spiro atoms. The number of piperidine rings is 1. The van der Waals surface area contributed by atoms with Gasteiger partial charge in [0, 0.05) is 53.2 Å². The molecule has 0 amide bonds. The molecule has 1 unspecified atom stereocenters. The van der Waals surface area contributed by atoms with Gasteiger partial charge in [-0.1, -0.05) is 32.9 Å². The summed E-state index contributed by atoms with van der Waals surface area (Å²) in [7, 11) is 0. The molecule has 1 aliphatic rings. The van der Waals surface area contributed by atoms with Crippen LogP contribution in [0.25, 0.3) is 33.3 Å². The first-order chi connectivity index (χ1) is 17.9. The zero-order chi connectivity index (χ0) is 27.2. The van der Waals surface area contributed by atoms with Crippen LogP contribution in [-0.4, -0.2) is 48.8 Å². The van der Waals surface area contributed by atoms with E-state index in [1.807, 2.05) is 20.8 Å². The molecule has 2 atom stereocenters. The first kappa shape index (κ1) is 25.9. The zero-order valence-electron chi connectivity index (χ0n) is 21.2. The fourth-order valence-corrected chi connectivity index (χ4v) is 5.35. The fraction of sp³-hybridized carbons (Fsp3) is 0.370. The Kier molecular flexibility index (Phi) is 6.52. The smallest absolute Gasteiger partial charge is 0.360 e. The van der Waals surface area contributed by atoms with Crippen molar-refractivity contribution in [3.8, 4) is 22.4 Å². The highest BCUT2D eigenvalue weighted by Gasteiger charge is 2.40. The molecule has 4 N–H and O–H groups in total. The second-order valence-corrected chi connectivity index (χ2v) is 10.7. The van der Waals surface area contributed by atoms with Crippen LogP contribution >= 0.6 is 0 Å². The highest BCUT2D eigenvalue weighted by Crippen LogP contribution is 2.40. The van der Waals surface area contributed by atoms with Crippen molar-refractivity contribution in [1.82, 2.24) is 25.0 Å². The Balaban J connectivity index is 1.56. The number of nitrogens with zero attached hydrogens (tertiary/aromatic N) is 3. The monoisotopic (exact) mass is 526 g/mol. The average molecular weight is 527 g/mol. The Hall–Kier alpha value is -3.70. The first-order valence-electron chi connectivity index (χ1n) is 12.4. The van der Waals surface area contributed by atoms with Gasteiger partial charge >= 0.3 is 6.18 Å². The number of pyridine rings is 1. The third kappa shape index (κ3) is 4.91. The third-order valence-electron chi connectivity index (χ3n) is 6.97. The Morgan fingerprint density at radius 1 is 1.13 bits per heavy atom. The van der Waals surface area contributed by atoms with E-state index in [1.54, 1.807) is 30.3 Å². The summed E-state index contributed by atoms with van der Waals surface area (Å²) in [6.07, 6.45) is 0.587. The molecule has 11 heteroatoms. The van der Waals surface area contributed by atoms with E-state index in [-0.39, 0.29) is 40.3 Å². The molecule has 1 saturated heterocycles. The minimum Gasteiger partial charge on any atom is -0.360 e. The average Bonchev–Trinajstić information content (AvgIpc) is 3.26. The van der Waals surface area contributed by atoms with Crippen LogP contribution in [0.2, 0.25) is 0 Å². The predicted molar refractivity (Wildman–Crippen MR) is 139 cm³/mol. The maximum Gasteiger partial charge on any atom is 0.419 e. The number of H-pyrrole nitrogens is 2. The van der Waals surface area contributed by atoms with E-state index in [4.69, 9.17) is 0 Å². The number of aromatic nitrogens is 4. The highest BCUT2D eigenvalue weighted by molar-refractivity contribution is 5.97. The number of fused-ring (bicyclic) bond motifs is 1. The Bertz CT molecular complexity index is 1520. The fourth-order valence-electron chi connectivity index (χ4n) is 5.35. The van der Waals surface area contributed by atoms with Crippen molar-refractivity contribution in [1.29, 1.82) is 0 Å². The van der Waals surface area contributed by atoms with Gasteiger partial charge in [0.1, 0.15) is 5.56 Å². The van der Waals surface area contributed by atoms with Gasteiger partial charge in [0.15, 0.2) is 0 Å². The Morgan fingerprint density at radius 3 is 2.63 bits per heavy atom. The molecule has 8 nitrogen and oxygen atoms in total. The van der Waals surface area contributed by atoms with Gasteiger partial charge in [-0.15, -0.1) is 0 Å². The molecule has 200 valence electrons. The van der Waals surface area contributed by atoms with E-state index in [9.17, 15) is 23.2 Å². The van der Waals surface area contributed by atoms with E-state index in [0.29, 0.717) is 35.0 Å². The molecular weight excluding hydrogens is 497 g/mol. The van der Waals surface area contributed by atoms with Crippen LogP contribution < -0.4 is 10.9 Å². The van der Waals surface area contributed by atoms with Crippen LogP contribution in [0.1, 0.15) is 39.2 Å². The van der Waals surface area contributed by atoms with Crippen LogP contribution in [0.4, 0.5) is 19.1 Å². The van der Waals surface area contributed by atoms with Crippen molar-refractivity contribution in [2.75, 3.05) is 11.9 Å². The number of hydrogen-bond donors (Lipinski definition) is 4. The molecule has 1 aliphatic heterocycles. The molecule has 0 radical (unpaired) electrons. The number of alkyl halides is 3. The Labute approximate surface area is 216 Å². The molecule has 3 aromatic heterocycles. The van der Waals surface area contributed by atoms with Crippen molar-refractivity contribution in [2.45, 2.75) is 51.9 Å². The van der Waals surface area contributed by atoms with Crippen LogP contribution in [0, 0.1) is 5.41 Å². The quantitative estimate of drug-likeness (QED) is 0.272. The summed E-state index contributed by atoms with van der Waals surface area (Å²) >= 11 is 0. The summed E-state index contributed by atoms with van der Waals surface area (Å²) in [5.74, 6) is 0.0596. The van der Waals surface area contributed by atoms with Crippen molar-refractivity contribution >= 4 is 16.9 Å². The van der Waals surface area contributed by atoms with Crippen molar-refractivity contribution in [3.05, 3.63) is 64.8 Å². The SMILES string of the molecule is CC(C)(C)C1[C@@H](Nc2ncc(C(F)(F)F)c(-c3c[nH]c4cc(-c5ccc[nH]c5=O)ccc34)n2)CCCN1O. The maximum absolute atomic E-state index is 14.0. The molecule has 1 fully saturated rings. The molecule has 0 saturated carbocycles. The van der Waals surface area contributed by atoms with E-state index in [1.165, 1.54) is 17.5 Å². The number of hydroxylamine groups is 2. The second kappa shape index (κ2) is 9.55. The van der Waals surface area contributed by atoms with Crippen molar-refractivity contribution in [2.24, 2.45) is 5.41 Å². The van der Waals surface area contributed by atoms with E-state index >= 15 is 0 Å². The summed E-state index contributed by atoms with van der Waals surface area (Å²) in [6.45, 7) is 6.53. The summed E-state index contributed by atoms with van der Waals surface area (Å²) in [4.78, 5) is 26.2. The minimum atomic E-state index is -4.67. The van der Waals surface area contributed by atoms with Crippen LogP contribution in [-0.2, 0) is 6.18 Å². The molecule has 1 aromatic carbocycles. The molecule has 5 rings (SSSR count). The predicted octanol–water partition coefficient (Wildman–Crippen LogP) is 5.68. The largest absolute Gasteiger partial charge is 0.419 e. The van der Waals surface area contributed by atoms with Gasteiger partial charge in [-0.25, -0.2) is 9.97 Å². The highest BCUT2D eigenvalue weighted by atomic mass is 19.4. The lowest BCUT2D eigenvalue weighted by molar-refractivity contribution is -0.172. The van der Waals surface area contributed by atoms with E-state index < -0.39 is 11.7 Å². The number of halogens is 3.